The zero-order valence-electron chi connectivity index (χ0n) is 9.29. The van der Waals surface area contributed by atoms with Gasteiger partial charge in [-0.3, -0.25) is 19.9 Å². The Morgan fingerprint density at radius 3 is 2.89 bits per heavy atom. The lowest BCUT2D eigenvalue weighted by Gasteiger charge is -2.10. The minimum atomic E-state index is -1.44. The molecule has 0 fully saturated rings. The maximum atomic E-state index is 11.6. The lowest BCUT2D eigenvalue weighted by molar-refractivity contribution is -0.385. The van der Waals surface area contributed by atoms with Crippen molar-refractivity contribution >= 4 is 23.3 Å². The van der Waals surface area contributed by atoms with Gasteiger partial charge in [0.15, 0.2) is 5.92 Å². The van der Waals surface area contributed by atoms with Crippen molar-refractivity contribution in [2.45, 2.75) is 12.8 Å². The summed E-state index contributed by atoms with van der Waals surface area (Å²) in [6.07, 6.45) is 2.07. The first kappa shape index (κ1) is 13.9. The van der Waals surface area contributed by atoms with Gasteiger partial charge in [-0.1, -0.05) is 11.6 Å². The van der Waals surface area contributed by atoms with E-state index in [4.69, 9.17) is 16.9 Å². The van der Waals surface area contributed by atoms with E-state index in [9.17, 15) is 14.9 Å². The van der Waals surface area contributed by atoms with Crippen LogP contribution >= 0.6 is 11.6 Å². The largest absolute Gasteiger partial charge is 0.465 e. The van der Waals surface area contributed by atoms with Gasteiger partial charge >= 0.3 is 5.97 Å². The SMILES string of the molecule is CCOC(=O)C(C#N)c1c(Cl)cncc1[N+](=O)[O-]. The second kappa shape index (κ2) is 5.93. The Balaban J connectivity index is 3.34. The van der Waals surface area contributed by atoms with Gasteiger partial charge in [-0.25, -0.2) is 0 Å². The van der Waals surface area contributed by atoms with Gasteiger partial charge in [0, 0.05) is 6.20 Å². The molecule has 18 heavy (non-hydrogen) atoms. The van der Waals surface area contributed by atoms with Crippen LogP contribution in [0.25, 0.3) is 0 Å². The molecule has 1 aromatic rings. The first-order valence-electron chi connectivity index (χ1n) is 4.87. The highest BCUT2D eigenvalue weighted by Crippen LogP contribution is 2.32. The fourth-order valence-electron chi connectivity index (χ4n) is 1.33. The number of carbonyl (C=O) groups excluding carboxylic acids is 1. The van der Waals surface area contributed by atoms with Crippen LogP contribution in [0.4, 0.5) is 5.69 Å². The van der Waals surface area contributed by atoms with Gasteiger partial charge in [0.05, 0.1) is 28.2 Å². The Morgan fingerprint density at radius 1 is 1.72 bits per heavy atom. The number of nitro groups is 1. The Labute approximate surface area is 107 Å². The smallest absolute Gasteiger partial charge is 0.328 e. The number of nitrogens with zero attached hydrogens (tertiary/aromatic N) is 3. The maximum Gasteiger partial charge on any atom is 0.328 e. The molecule has 0 saturated carbocycles. The number of hydrogen-bond donors (Lipinski definition) is 0. The second-order valence-electron chi connectivity index (χ2n) is 3.13. The molecule has 1 atom stereocenters. The minimum absolute atomic E-state index is 0.0630. The van der Waals surface area contributed by atoms with E-state index in [-0.39, 0.29) is 17.2 Å². The normalized spacial score (nSPS) is 11.4. The molecule has 0 N–H and O–H groups in total. The van der Waals surface area contributed by atoms with Crippen molar-refractivity contribution in [1.82, 2.24) is 4.98 Å². The van der Waals surface area contributed by atoms with E-state index in [1.165, 1.54) is 0 Å². The topological polar surface area (TPSA) is 106 Å². The van der Waals surface area contributed by atoms with Crippen LogP contribution in [0.5, 0.6) is 0 Å². The fraction of sp³-hybridized carbons (Fsp3) is 0.300. The zero-order valence-corrected chi connectivity index (χ0v) is 10.0. The highest BCUT2D eigenvalue weighted by atomic mass is 35.5. The monoisotopic (exact) mass is 269 g/mol. The average molecular weight is 270 g/mol. The highest BCUT2D eigenvalue weighted by Gasteiger charge is 2.32. The zero-order chi connectivity index (χ0) is 13.7. The summed E-state index contributed by atoms with van der Waals surface area (Å²) in [5.41, 5.74) is -0.681. The molecule has 0 saturated heterocycles. The van der Waals surface area contributed by atoms with Crippen LogP contribution in [-0.2, 0) is 9.53 Å². The molecule has 1 unspecified atom stereocenters. The molecular formula is C10H8ClN3O4. The minimum Gasteiger partial charge on any atom is -0.465 e. The fourth-order valence-corrected chi connectivity index (χ4v) is 1.59. The van der Waals surface area contributed by atoms with Crippen LogP contribution in [0.2, 0.25) is 5.02 Å². The summed E-state index contributed by atoms with van der Waals surface area (Å²) in [5.74, 6) is -2.32. The number of hydrogen-bond acceptors (Lipinski definition) is 6. The Morgan fingerprint density at radius 2 is 2.39 bits per heavy atom. The van der Waals surface area contributed by atoms with Gasteiger partial charge in [-0.15, -0.1) is 0 Å². The molecule has 0 radical (unpaired) electrons. The number of ether oxygens (including phenoxy) is 1. The van der Waals surface area contributed by atoms with Crippen LogP contribution < -0.4 is 0 Å². The van der Waals surface area contributed by atoms with E-state index < -0.39 is 22.5 Å². The third kappa shape index (κ3) is 2.73. The maximum absolute atomic E-state index is 11.6. The van der Waals surface area contributed by atoms with Crippen molar-refractivity contribution in [3.05, 3.63) is 33.1 Å². The molecule has 0 aliphatic rings. The Kier molecular flexibility index (Phi) is 4.57. The molecule has 1 aromatic heterocycles. The van der Waals surface area contributed by atoms with E-state index in [2.05, 4.69) is 9.72 Å². The van der Waals surface area contributed by atoms with Crippen LogP contribution in [0.1, 0.15) is 18.4 Å². The van der Waals surface area contributed by atoms with Gasteiger partial charge in [0.1, 0.15) is 6.20 Å². The molecule has 7 nitrogen and oxygen atoms in total. The van der Waals surface area contributed by atoms with Crippen molar-refractivity contribution in [3.8, 4) is 6.07 Å². The summed E-state index contributed by atoms with van der Waals surface area (Å²) in [4.78, 5) is 25.2. The summed E-state index contributed by atoms with van der Waals surface area (Å²) < 4.78 is 4.68. The lowest BCUT2D eigenvalue weighted by Crippen LogP contribution is -2.16. The van der Waals surface area contributed by atoms with Crippen molar-refractivity contribution in [2.75, 3.05) is 6.61 Å². The molecule has 8 heteroatoms. The van der Waals surface area contributed by atoms with E-state index >= 15 is 0 Å². The molecule has 0 aromatic carbocycles. The van der Waals surface area contributed by atoms with Crippen LogP contribution in [0.15, 0.2) is 12.4 Å². The number of aromatic nitrogens is 1. The van der Waals surface area contributed by atoms with Gasteiger partial charge < -0.3 is 4.74 Å². The summed E-state index contributed by atoms with van der Waals surface area (Å²) in [6.45, 7) is 1.63. The van der Waals surface area contributed by atoms with Crippen LogP contribution in [0.3, 0.4) is 0 Å². The van der Waals surface area contributed by atoms with Gasteiger partial charge in [-0.2, -0.15) is 5.26 Å². The van der Waals surface area contributed by atoms with Crippen molar-refractivity contribution in [2.24, 2.45) is 0 Å². The summed E-state index contributed by atoms with van der Waals surface area (Å²) in [7, 11) is 0. The van der Waals surface area contributed by atoms with Crippen molar-refractivity contribution in [1.29, 1.82) is 5.26 Å². The van der Waals surface area contributed by atoms with Crippen molar-refractivity contribution in [3.63, 3.8) is 0 Å². The molecule has 0 aliphatic heterocycles. The summed E-state index contributed by atoms with van der Waals surface area (Å²) in [6, 6.07) is 1.65. The number of esters is 1. The number of rotatable bonds is 4. The summed E-state index contributed by atoms with van der Waals surface area (Å²) in [5, 5.41) is 19.7. The molecule has 0 spiro atoms. The predicted octanol–water partition coefficient (Wildman–Crippen LogP) is 1.81. The molecule has 0 amide bonds. The van der Waals surface area contributed by atoms with Crippen molar-refractivity contribution < 1.29 is 14.5 Å². The summed E-state index contributed by atoms with van der Waals surface area (Å²) >= 11 is 5.77. The predicted molar refractivity (Wildman–Crippen MR) is 60.9 cm³/mol. The van der Waals surface area contributed by atoms with E-state index in [0.29, 0.717) is 0 Å². The number of pyridine rings is 1. The second-order valence-corrected chi connectivity index (χ2v) is 3.53. The number of carbonyl (C=O) groups is 1. The van der Waals surface area contributed by atoms with Gasteiger partial charge in [0.25, 0.3) is 5.69 Å². The number of halogens is 1. The van der Waals surface area contributed by atoms with E-state index in [1.54, 1.807) is 13.0 Å². The third-order valence-electron chi connectivity index (χ3n) is 2.05. The molecule has 0 aliphatic carbocycles. The molecular weight excluding hydrogens is 262 g/mol. The molecule has 1 heterocycles. The Hall–Kier alpha value is -2.20. The lowest BCUT2D eigenvalue weighted by atomic mass is 10.0. The standard InChI is InChI=1S/C10H8ClN3O4/c1-2-18-10(15)6(3-12)9-7(11)4-13-5-8(9)14(16)17/h4-6H,2H2,1H3. The molecule has 0 bridgehead atoms. The first-order valence-corrected chi connectivity index (χ1v) is 5.24. The number of nitriles is 1. The van der Waals surface area contributed by atoms with Gasteiger partial charge in [0.2, 0.25) is 0 Å². The molecule has 1 rings (SSSR count). The third-order valence-corrected chi connectivity index (χ3v) is 2.36. The first-order chi connectivity index (χ1) is 8.52. The quantitative estimate of drug-likeness (QED) is 0.469. The average Bonchev–Trinajstić information content (AvgIpc) is 2.32. The van der Waals surface area contributed by atoms with E-state index in [0.717, 1.165) is 12.4 Å². The Bertz CT molecular complexity index is 526. The highest BCUT2D eigenvalue weighted by molar-refractivity contribution is 6.31. The van der Waals surface area contributed by atoms with E-state index in [1.807, 2.05) is 0 Å². The van der Waals surface area contributed by atoms with Gasteiger partial charge in [-0.05, 0) is 6.92 Å². The van der Waals surface area contributed by atoms with Crippen LogP contribution in [-0.4, -0.2) is 22.5 Å². The van der Waals surface area contributed by atoms with Crippen LogP contribution in [0, 0.1) is 21.4 Å². The molecule has 94 valence electrons.